The van der Waals surface area contributed by atoms with E-state index in [9.17, 15) is 35.7 Å². The van der Waals surface area contributed by atoms with Crippen LogP contribution in [0.3, 0.4) is 0 Å². The zero-order valence-electron chi connectivity index (χ0n) is 17.1. The van der Waals surface area contributed by atoms with Gasteiger partial charge in [-0.15, -0.1) is 0 Å². The SMILES string of the molecule is CCC1C(O)OC(COC)C(O)C1O.CCCC(O)C(O)C(O)C(O)COC. The average molecular weight is 414 g/mol. The largest absolute Gasteiger partial charge is 0.390 e. The monoisotopic (exact) mass is 414 g/mol. The van der Waals surface area contributed by atoms with Crippen LogP contribution in [-0.4, -0.2) is 112 Å². The fraction of sp³-hybridized carbons (Fsp3) is 1.00. The second-order valence-corrected chi connectivity index (χ2v) is 6.93. The Morgan fingerprint density at radius 3 is 1.89 bits per heavy atom. The third-order valence-corrected chi connectivity index (χ3v) is 4.71. The van der Waals surface area contributed by atoms with Gasteiger partial charge in [0.15, 0.2) is 6.29 Å². The highest BCUT2D eigenvalue weighted by Gasteiger charge is 2.42. The molecule has 170 valence electrons. The molecule has 9 unspecified atom stereocenters. The maximum Gasteiger partial charge on any atom is 0.160 e. The van der Waals surface area contributed by atoms with Crippen LogP contribution in [0.1, 0.15) is 33.1 Å². The molecule has 0 aromatic rings. The van der Waals surface area contributed by atoms with Crippen molar-refractivity contribution in [2.24, 2.45) is 5.92 Å². The van der Waals surface area contributed by atoms with Crippen molar-refractivity contribution in [1.29, 1.82) is 0 Å². The molecule has 0 aromatic carbocycles. The van der Waals surface area contributed by atoms with Crippen LogP contribution in [0.2, 0.25) is 0 Å². The molecule has 1 heterocycles. The van der Waals surface area contributed by atoms with Crippen LogP contribution >= 0.6 is 0 Å². The maximum atomic E-state index is 9.66. The molecule has 28 heavy (non-hydrogen) atoms. The molecule has 1 aliphatic heterocycles. The van der Waals surface area contributed by atoms with E-state index in [1.165, 1.54) is 14.2 Å². The van der Waals surface area contributed by atoms with Gasteiger partial charge in [0.25, 0.3) is 0 Å². The highest BCUT2D eigenvalue weighted by atomic mass is 16.6. The molecule has 10 nitrogen and oxygen atoms in total. The molecule has 1 fully saturated rings. The molecule has 0 saturated carbocycles. The van der Waals surface area contributed by atoms with Crippen molar-refractivity contribution in [3.8, 4) is 0 Å². The van der Waals surface area contributed by atoms with Gasteiger partial charge < -0.3 is 50.0 Å². The first-order valence-corrected chi connectivity index (χ1v) is 9.55. The molecule has 0 aliphatic carbocycles. The molecule has 9 atom stereocenters. The van der Waals surface area contributed by atoms with E-state index in [2.05, 4.69) is 4.74 Å². The molecule has 7 N–H and O–H groups in total. The van der Waals surface area contributed by atoms with Gasteiger partial charge in [0.2, 0.25) is 0 Å². The Morgan fingerprint density at radius 1 is 0.857 bits per heavy atom. The van der Waals surface area contributed by atoms with Crippen LogP contribution in [0.15, 0.2) is 0 Å². The molecule has 1 saturated heterocycles. The van der Waals surface area contributed by atoms with Crippen LogP contribution in [-0.2, 0) is 14.2 Å². The number of ether oxygens (including phenoxy) is 3. The van der Waals surface area contributed by atoms with E-state index in [0.717, 1.165) is 0 Å². The quantitative estimate of drug-likeness (QED) is 0.212. The lowest BCUT2D eigenvalue weighted by molar-refractivity contribution is -0.271. The standard InChI is InChI=1S/C9H18O5.C9H20O5/c1-3-5-7(10)8(11)6(4-13-2)14-9(5)12;1-3-4-6(10)8(12)9(13)7(11)5-14-2/h5-12H,3-4H2,1-2H3;6-13H,3-5H2,1-2H3. The van der Waals surface area contributed by atoms with Gasteiger partial charge in [-0.1, -0.05) is 20.3 Å². The number of hydrogen-bond acceptors (Lipinski definition) is 10. The minimum Gasteiger partial charge on any atom is -0.390 e. The minimum atomic E-state index is -1.38. The molecule has 0 radical (unpaired) electrons. The van der Waals surface area contributed by atoms with Gasteiger partial charge >= 0.3 is 0 Å². The first-order valence-electron chi connectivity index (χ1n) is 9.55. The minimum absolute atomic E-state index is 0.0723. The number of methoxy groups -OCH3 is 2. The second kappa shape index (κ2) is 14.6. The number of hydrogen-bond donors (Lipinski definition) is 7. The van der Waals surface area contributed by atoms with Crippen LogP contribution < -0.4 is 0 Å². The zero-order valence-corrected chi connectivity index (χ0v) is 17.1. The summed E-state index contributed by atoms with van der Waals surface area (Å²) in [5.41, 5.74) is 0. The van der Waals surface area contributed by atoms with Crippen molar-refractivity contribution in [2.75, 3.05) is 27.4 Å². The molecule has 10 heteroatoms. The third-order valence-electron chi connectivity index (χ3n) is 4.71. The predicted octanol–water partition coefficient (Wildman–Crippen LogP) is -2.03. The number of rotatable bonds is 10. The molecule has 1 rings (SSSR count). The molecule has 0 bridgehead atoms. The van der Waals surface area contributed by atoms with Gasteiger partial charge in [-0.3, -0.25) is 0 Å². The number of aliphatic hydroxyl groups excluding tert-OH is 7. The summed E-state index contributed by atoms with van der Waals surface area (Å²) in [4.78, 5) is 0. The summed E-state index contributed by atoms with van der Waals surface area (Å²) >= 11 is 0. The molecular formula is C18H38O10. The molecule has 0 spiro atoms. The summed E-state index contributed by atoms with van der Waals surface area (Å²) in [6.45, 7) is 3.76. The second-order valence-electron chi connectivity index (χ2n) is 6.93. The van der Waals surface area contributed by atoms with Gasteiger partial charge in [0.05, 0.1) is 25.4 Å². The highest BCUT2D eigenvalue weighted by Crippen LogP contribution is 2.27. The Bertz CT molecular complexity index is 367. The normalized spacial score (nSPS) is 32.0. The molecule has 1 aliphatic rings. The van der Waals surface area contributed by atoms with Crippen molar-refractivity contribution < 1.29 is 50.0 Å². The third kappa shape index (κ3) is 8.54. The fourth-order valence-corrected chi connectivity index (χ4v) is 2.94. The Balaban J connectivity index is 0.000000521. The van der Waals surface area contributed by atoms with Gasteiger partial charge in [-0.2, -0.15) is 0 Å². The average Bonchev–Trinajstić information content (AvgIpc) is 2.66. The summed E-state index contributed by atoms with van der Waals surface area (Å²) in [5.74, 6) is -0.432. The Morgan fingerprint density at radius 2 is 1.43 bits per heavy atom. The van der Waals surface area contributed by atoms with Crippen molar-refractivity contribution in [3.63, 3.8) is 0 Å². The lowest BCUT2D eigenvalue weighted by Gasteiger charge is -2.40. The number of aliphatic hydroxyl groups is 7. The summed E-state index contributed by atoms with van der Waals surface area (Å²) in [6.07, 6.45) is -6.90. The van der Waals surface area contributed by atoms with Gasteiger partial charge in [-0.25, -0.2) is 0 Å². The van der Waals surface area contributed by atoms with Crippen LogP contribution in [0.5, 0.6) is 0 Å². The molecule has 0 aromatic heterocycles. The lowest BCUT2D eigenvalue weighted by Crippen LogP contribution is -2.55. The van der Waals surface area contributed by atoms with Crippen molar-refractivity contribution in [3.05, 3.63) is 0 Å². The van der Waals surface area contributed by atoms with Crippen molar-refractivity contribution in [1.82, 2.24) is 0 Å². The maximum absolute atomic E-state index is 9.66. The Hall–Kier alpha value is -0.400. The van der Waals surface area contributed by atoms with Crippen LogP contribution in [0, 0.1) is 5.92 Å². The van der Waals surface area contributed by atoms with E-state index < -0.39 is 54.9 Å². The zero-order chi connectivity index (χ0) is 21.9. The predicted molar refractivity (Wildman–Crippen MR) is 99.4 cm³/mol. The highest BCUT2D eigenvalue weighted by molar-refractivity contribution is 4.87. The van der Waals surface area contributed by atoms with E-state index in [1.807, 2.05) is 13.8 Å². The van der Waals surface area contributed by atoms with E-state index >= 15 is 0 Å². The first-order chi connectivity index (χ1) is 13.2. The van der Waals surface area contributed by atoms with Crippen LogP contribution in [0.25, 0.3) is 0 Å². The molecular weight excluding hydrogens is 376 g/mol. The smallest absolute Gasteiger partial charge is 0.160 e. The summed E-state index contributed by atoms with van der Waals surface area (Å²) < 4.78 is 14.6. The summed E-state index contributed by atoms with van der Waals surface area (Å²) in [7, 11) is 2.85. The topological polar surface area (TPSA) is 169 Å². The van der Waals surface area contributed by atoms with E-state index in [0.29, 0.717) is 19.3 Å². The first kappa shape index (κ1) is 27.6. The van der Waals surface area contributed by atoms with Crippen molar-refractivity contribution in [2.45, 2.75) is 82.1 Å². The Kier molecular flexibility index (Phi) is 14.4. The Labute approximate surface area is 166 Å². The van der Waals surface area contributed by atoms with Gasteiger partial charge in [0, 0.05) is 20.1 Å². The van der Waals surface area contributed by atoms with E-state index in [4.69, 9.17) is 9.47 Å². The van der Waals surface area contributed by atoms with Gasteiger partial charge in [0.1, 0.15) is 30.5 Å². The lowest BCUT2D eigenvalue weighted by atomic mass is 9.89. The van der Waals surface area contributed by atoms with Crippen molar-refractivity contribution >= 4 is 0 Å². The van der Waals surface area contributed by atoms with E-state index in [1.54, 1.807) is 0 Å². The van der Waals surface area contributed by atoms with Crippen LogP contribution in [0.4, 0.5) is 0 Å². The fourth-order valence-electron chi connectivity index (χ4n) is 2.94. The van der Waals surface area contributed by atoms with E-state index in [-0.39, 0.29) is 13.2 Å². The summed E-state index contributed by atoms with van der Waals surface area (Å²) in [5, 5.41) is 66.2. The summed E-state index contributed by atoms with van der Waals surface area (Å²) in [6, 6.07) is 0. The van der Waals surface area contributed by atoms with Gasteiger partial charge in [-0.05, 0) is 12.8 Å². The molecule has 0 amide bonds.